The molecule has 0 aliphatic carbocycles. The average Bonchev–Trinajstić information content (AvgIpc) is 3.06. The first-order valence-corrected chi connectivity index (χ1v) is 8.50. The predicted octanol–water partition coefficient (Wildman–Crippen LogP) is 1.91. The Labute approximate surface area is 163 Å². The molecule has 0 saturated carbocycles. The molecular weight excluding hydrogens is 379 g/mol. The Balaban J connectivity index is 1.74. The number of carbonyl (C=O) groups is 2. The Kier molecular flexibility index (Phi) is 4.61. The number of nitrogens with one attached hydrogen (secondary N) is 1. The minimum Gasteiger partial charge on any atom is -0.378 e. The zero-order valence-corrected chi connectivity index (χ0v) is 15.2. The third-order valence-electron chi connectivity index (χ3n) is 4.27. The van der Waals surface area contributed by atoms with Crippen molar-refractivity contribution in [3.63, 3.8) is 0 Å². The van der Waals surface area contributed by atoms with Crippen LogP contribution in [0.15, 0.2) is 42.7 Å². The number of aromatic nitrogens is 4. The molecule has 29 heavy (non-hydrogen) atoms. The fraction of sp³-hybridized carbons (Fsp3) is 0.105. The van der Waals surface area contributed by atoms with Gasteiger partial charge in [0.15, 0.2) is 5.65 Å². The zero-order valence-electron chi connectivity index (χ0n) is 15.2. The molecule has 0 bridgehead atoms. The highest BCUT2D eigenvalue weighted by Gasteiger charge is 2.22. The Morgan fingerprint density at radius 1 is 1.28 bits per heavy atom. The van der Waals surface area contributed by atoms with Crippen molar-refractivity contribution in [1.29, 1.82) is 0 Å². The zero-order chi connectivity index (χ0) is 20.5. The molecule has 3 N–H and O–H groups in total. The van der Waals surface area contributed by atoms with Crippen LogP contribution in [0.2, 0.25) is 0 Å². The Morgan fingerprint density at radius 2 is 2.10 bits per heavy atom. The van der Waals surface area contributed by atoms with E-state index in [1.165, 1.54) is 36.2 Å². The molecule has 2 amide bonds. The molecule has 0 aliphatic rings. The SMILES string of the molecule is COCc1nn2c(C(=O)Nc3cnc4c(F)cccc4c3)ccnc2c1C(N)=O. The Hall–Kier alpha value is -3.92. The molecule has 0 fully saturated rings. The molecule has 9 nitrogen and oxygen atoms in total. The van der Waals surface area contributed by atoms with Crippen molar-refractivity contribution >= 4 is 34.1 Å². The van der Waals surface area contributed by atoms with E-state index in [4.69, 9.17) is 10.5 Å². The second-order valence-corrected chi connectivity index (χ2v) is 6.17. The number of nitrogens with zero attached hydrogens (tertiary/aromatic N) is 4. The summed E-state index contributed by atoms with van der Waals surface area (Å²) in [6.45, 7) is 0.0306. The van der Waals surface area contributed by atoms with E-state index in [1.807, 2.05) is 0 Å². The van der Waals surface area contributed by atoms with Gasteiger partial charge in [-0.3, -0.25) is 14.6 Å². The molecule has 0 radical (unpaired) electrons. The van der Waals surface area contributed by atoms with Gasteiger partial charge in [-0.2, -0.15) is 5.10 Å². The van der Waals surface area contributed by atoms with E-state index in [-0.39, 0.29) is 34.7 Å². The summed E-state index contributed by atoms with van der Waals surface area (Å²) in [5, 5.41) is 7.48. The van der Waals surface area contributed by atoms with Crippen molar-refractivity contribution in [2.45, 2.75) is 6.61 Å². The van der Waals surface area contributed by atoms with E-state index in [1.54, 1.807) is 18.2 Å². The van der Waals surface area contributed by atoms with Gasteiger partial charge in [0.2, 0.25) is 0 Å². The van der Waals surface area contributed by atoms with Crippen LogP contribution < -0.4 is 11.1 Å². The predicted molar refractivity (Wildman–Crippen MR) is 102 cm³/mol. The highest BCUT2D eigenvalue weighted by Crippen LogP contribution is 2.20. The number of benzene rings is 1. The highest BCUT2D eigenvalue weighted by molar-refractivity contribution is 6.05. The number of carbonyl (C=O) groups excluding carboxylic acids is 2. The Morgan fingerprint density at radius 3 is 2.86 bits per heavy atom. The lowest BCUT2D eigenvalue weighted by Crippen LogP contribution is -2.17. The summed E-state index contributed by atoms with van der Waals surface area (Å²) in [6, 6.07) is 7.62. The number of methoxy groups -OCH3 is 1. The summed E-state index contributed by atoms with van der Waals surface area (Å²) >= 11 is 0. The van der Waals surface area contributed by atoms with Crippen LogP contribution in [0.25, 0.3) is 16.6 Å². The van der Waals surface area contributed by atoms with E-state index in [2.05, 4.69) is 20.4 Å². The van der Waals surface area contributed by atoms with Gasteiger partial charge in [0.25, 0.3) is 11.8 Å². The number of nitrogens with two attached hydrogens (primary N) is 1. The smallest absolute Gasteiger partial charge is 0.274 e. The number of fused-ring (bicyclic) bond motifs is 2. The van der Waals surface area contributed by atoms with Crippen molar-refractivity contribution < 1.29 is 18.7 Å². The van der Waals surface area contributed by atoms with Gasteiger partial charge in [0.1, 0.15) is 28.3 Å². The van der Waals surface area contributed by atoms with Gasteiger partial charge in [0, 0.05) is 18.7 Å². The van der Waals surface area contributed by atoms with E-state index in [0.29, 0.717) is 11.1 Å². The van der Waals surface area contributed by atoms with E-state index in [9.17, 15) is 14.0 Å². The number of ether oxygens (including phenoxy) is 1. The van der Waals surface area contributed by atoms with Gasteiger partial charge in [-0.25, -0.2) is 13.9 Å². The molecule has 10 heteroatoms. The summed E-state index contributed by atoms with van der Waals surface area (Å²) in [5.74, 6) is -1.69. The monoisotopic (exact) mass is 394 g/mol. The van der Waals surface area contributed by atoms with Gasteiger partial charge in [-0.05, 0) is 18.2 Å². The molecule has 0 aliphatic heterocycles. The van der Waals surface area contributed by atoms with Crippen LogP contribution in [0.1, 0.15) is 26.5 Å². The highest BCUT2D eigenvalue weighted by atomic mass is 19.1. The van der Waals surface area contributed by atoms with Crippen LogP contribution >= 0.6 is 0 Å². The molecule has 4 rings (SSSR count). The summed E-state index contributed by atoms with van der Waals surface area (Å²) in [5.41, 5.74) is 6.66. The minimum absolute atomic E-state index is 0.0306. The summed E-state index contributed by atoms with van der Waals surface area (Å²) in [6.07, 6.45) is 2.74. The van der Waals surface area contributed by atoms with Crippen molar-refractivity contribution in [2.75, 3.05) is 12.4 Å². The van der Waals surface area contributed by atoms with Gasteiger partial charge in [-0.15, -0.1) is 0 Å². The van der Waals surface area contributed by atoms with Gasteiger partial charge in [0.05, 0.1) is 18.5 Å². The van der Waals surface area contributed by atoms with Gasteiger partial charge < -0.3 is 15.8 Å². The number of hydrogen-bond donors (Lipinski definition) is 2. The van der Waals surface area contributed by atoms with Crippen molar-refractivity contribution in [2.24, 2.45) is 5.73 Å². The number of halogens is 1. The maximum Gasteiger partial charge on any atom is 0.274 e. The van der Waals surface area contributed by atoms with Crippen LogP contribution in [0.5, 0.6) is 0 Å². The third kappa shape index (κ3) is 3.25. The fourth-order valence-corrected chi connectivity index (χ4v) is 3.04. The minimum atomic E-state index is -0.724. The van der Waals surface area contributed by atoms with Gasteiger partial charge in [-0.1, -0.05) is 12.1 Å². The molecule has 0 atom stereocenters. The first kappa shape index (κ1) is 18.4. The summed E-state index contributed by atoms with van der Waals surface area (Å²) in [4.78, 5) is 32.8. The lowest BCUT2D eigenvalue weighted by atomic mass is 10.2. The first-order valence-electron chi connectivity index (χ1n) is 8.50. The maximum absolute atomic E-state index is 13.8. The van der Waals surface area contributed by atoms with Gasteiger partial charge >= 0.3 is 0 Å². The van der Waals surface area contributed by atoms with Crippen molar-refractivity contribution in [1.82, 2.24) is 19.6 Å². The topological polar surface area (TPSA) is 124 Å². The third-order valence-corrected chi connectivity index (χ3v) is 4.27. The van der Waals surface area contributed by atoms with E-state index >= 15 is 0 Å². The standard InChI is InChI=1S/C19H15FN6O3/c1-29-9-13-15(17(21)27)18-22-6-5-14(26(18)25-13)19(28)24-11-7-10-3-2-4-12(20)16(10)23-8-11/h2-8H,9H2,1H3,(H2,21,27)(H,24,28). The number of hydrogen-bond acceptors (Lipinski definition) is 6. The van der Waals surface area contributed by atoms with E-state index < -0.39 is 17.6 Å². The average molecular weight is 394 g/mol. The quantitative estimate of drug-likeness (QED) is 0.533. The van der Waals surface area contributed by atoms with Crippen LogP contribution in [-0.2, 0) is 11.3 Å². The molecule has 3 heterocycles. The number of amides is 2. The normalized spacial score (nSPS) is 11.1. The number of pyridine rings is 1. The van der Waals surface area contributed by atoms with Crippen LogP contribution in [-0.4, -0.2) is 38.5 Å². The Bertz CT molecular complexity index is 1270. The van der Waals surface area contributed by atoms with Crippen molar-refractivity contribution in [3.8, 4) is 0 Å². The molecule has 146 valence electrons. The number of anilines is 1. The largest absolute Gasteiger partial charge is 0.378 e. The van der Waals surface area contributed by atoms with Crippen LogP contribution in [0, 0.1) is 5.82 Å². The molecule has 4 aromatic rings. The van der Waals surface area contributed by atoms with Crippen LogP contribution in [0.4, 0.5) is 10.1 Å². The van der Waals surface area contributed by atoms with Crippen molar-refractivity contribution in [3.05, 3.63) is 65.5 Å². The number of rotatable bonds is 5. The molecule has 3 aromatic heterocycles. The summed E-state index contributed by atoms with van der Waals surface area (Å²) < 4.78 is 20.0. The van der Waals surface area contributed by atoms with E-state index in [0.717, 1.165) is 0 Å². The first-order chi connectivity index (χ1) is 14.0. The second-order valence-electron chi connectivity index (χ2n) is 6.17. The molecule has 0 unspecified atom stereocenters. The molecule has 1 aromatic carbocycles. The maximum atomic E-state index is 13.8. The molecule has 0 saturated heterocycles. The lowest BCUT2D eigenvalue weighted by molar-refractivity contribution is 0.0993. The van der Waals surface area contributed by atoms with Crippen LogP contribution in [0.3, 0.4) is 0 Å². The molecular formula is C19H15FN6O3. The fourth-order valence-electron chi connectivity index (χ4n) is 3.04. The summed E-state index contributed by atoms with van der Waals surface area (Å²) in [7, 11) is 1.45. The number of primary amides is 1. The number of para-hydroxylation sites is 1. The lowest BCUT2D eigenvalue weighted by Gasteiger charge is -2.07. The molecule has 0 spiro atoms. The second kappa shape index (κ2) is 7.24.